The third-order valence-corrected chi connectivity index (χ3v) is 2.45. The minimum absolute atomic E-state index is 1.09. The number of hydrogen-bond acceptors (Lipinski definition) is 1. The fourth-order valence-corrected chi connectivity index (χ4v) is 1.70. The Labute approximate surface area is 74.8 Å². The summed E-state index contributed by atoms with van der Waals surface area (Å²) >= 11 is 0. The maximum Gasteiger partial charge on any atom is 0.0657 e. The monoisotopic (exact) mass is 171 g/mol. The molecule has 2 N–H and O–H groups in total. The molecule has 3 rings (SSSR count). The zero-order valence-corrected chi connectivity index (χ0v) is 7.26. The van der Waals surface area contributed by atoms with Gasteiger partial charge in [0.05, 0.1) is 11.7 Å². The highest BCUT2D eigenvalue weighted by atomic mass is 15.1. The van der Waals surface area contributed by atoms with E-state index in [1.807, 2.05) is 12.4 Å². The van der Waals surface area contributed by atoms with Crippen LogP contribution in [0.25, 0.3) is 21.8 Å². The van der Waals surface area contributed by atoms with Gasteiger partial charge in [0.2, 0.25) is 0 Å². The van der Waals surface area contributed by atoms with Gasteiger partial charge in [-0.25, -0.2) is 0 Å². The number of hydrogen-bond donors (Lipinski definition) is 2. The van der Waals surface area contributed by atoms with Gasteiger partial charge in [-0.1, -0.05) is 0 Å². The van der Waals surface area contributed by atoms with Crippen molar-refractivity contribution in [1.82, 2.24) is 15.2 Å². The van der Waals surface area contributed by atoms with E-state index in [2.05, 4.69) is 34.2 Å². The number of benzene rings is 1. The fraction of sp³-hybridized carbons (Fsp3) is 0.100. The number of H-pyrrole nitrogens is 2. The largest absolute Gasteiger partial charge is 0.361 e. The summed E-state index contributed by atoms with van der Waals surface area (Å²) in [7, 11) is 0. The molecule has 2 aromatic heterocycles. The van der Waals surface area contributed by atoms with Crippen molar-refractivity contribution in [3.05, 3.63) is 30.1 Å². The van der Waals surface area contributed by atoms with Gasteiger partial charge in [-0.15, -0.1) is 0 Å². The number of aromatic nitrogens is 3. The highest BCUT2D eigenvalue weighted by Gasteiger charge is 2.02. The van der Waals surface area contributed by atoms with E-state index in [9.17, 15) is 0 Å². The lowest BCUT2D eigenvalue weighted by atomic mass is 10.1. The molecule has 0 spiro atoms. The van der Waals surface area contributed by atoms with Gasteiger partial charge in [0.25, 0.3) is 0 Å². The normalized spacial score (nSPS) is 11.5. The second kappa shape index (κ2) is 2.13. The molecule has 0 saturated heterocycles. The van der Waals surface area contributed by atoms with Crippen molar-refractivity contribution >= 4 is 21.8 Å². The zero-order valence-electron chi connectivity index (χ0n) is 7.26. The van der Waals surface area contributed by atoms with Crippen molar-refractivity contribution in [1.29, 1.82) is 0 Å². The van der Waals surface area contributed by atoms with E-state index in [0.29, 0.717) is 0 Å². The van der Waals surface area contributed by atoms with E-state index in [4.69, 9.17) is 0 Å². The lowest BCUT2D eigenvalue weighted by Crippen LogP contribution is -1.71. The van der Waals surface area contributed by atoms with Gasteiger partial charge in [0.1, 0.15) is 0 Å². The van der Waals surface area contributed by atoms with Crippen LogP contribution in [0, 0.1) is 6.92 Å². The zero-order chi connectivity index (χ0) is 8.84. The minimum Gasteiger partial charge on any atom is -0.361 e. The molecule has 0 aliphatic carbocycles. The van der Waals surface area contributed by atoms with E-state index in [0.717, 1.165) is 10.9 Å². The number of aryl methyl sites for hydroxylation is 1. The number of nitrogens with zero attached hydrogens (tertiary/aromatic N) is 1. The van der Waals surface area contributed by atoms with Gasteiger partial charge in [-0.2, -0.15) is 5.10 Å². The van der Waals surface area contributed by atoms with Crippen LogP contribution in [0.2, 0.25) is 0 Å². The van der Waals surface area contributed by atoms with E-state index >= 15 is 0 Å². The molecule has 13 heavy (non-hydrogen) atoms. The second-order valence-corrected chi connectivity index (χ2v) is 3.33. The molecule has 0 saturated carbocycles. The summed E-state index contributed by atoms with van der Waals surface area (Å²) in [6.45, 7) is 2.10. The van der Waals surface area contributed by atoms with Crippen LogP contribution in [0.5, 0.6) is 0 Å². The van der Waals surface area contributed by atoms with Crippen LogP contribution < -0.4 is 0 Å². The third kappa shape index (κ3) is 0.811. The molecular weight excluding hydrogens is 162 g/mol. The molecule has 0 atom stereocenters. The molecule has 0 aliphatic rings. The molecule has 3 nitrogen and oxygen atoms in total. The molecule has 1 aromatic carbocycles. The Morgan fingerprint density at radius 3 is 3.08 bits per heavy atom. The fourth-order valence-electron chi connectivity index (χ4n) is 1.70. The molecule has 0 aliphatic heterocycles. The average molecular weight is 171 g/mol. The first-order valence-corrected chi connectivity index (χ1v) is 4.25. The maximum atomic E-state index is 3.99. The van der Waals surface area contributed by atoms with Crippen LogP contribution in [-0.2, 0) is 0 Å². The summed E-state index contributed by atoms with van der Waals surface area (Å²) in [5.41, 5.74) is 3.54. The predicted molar refractivity (Wildman–Crippen MR) is 52.7 cm³/mol. The standard InChI is InChI=1S/C10H9N3/c1-6-4-11-10-2-7-5-12-13-9(7)3-8(6)10/h2-5,11H,1H3,(H,12,13). The van der Waals surface area contributed by atoms with Crippen LogP contribution in [0.4, 0.5) is 0 Å². The van der Waals surface area contributed by atoms with Gasteiger partial charge in [-0.05, 0) is 24.6 Å². The Morgan fingerprint density at radius 2 is 2.15 bits per heavy atom. The van der Waals surface area contributed by atoms with Crippen LogP contribution in [-0.4, -0.2) is 15.2 Å². The molecule has 3 heteroatoms. The van der Waals surface area contributed by atoms with Crippen LogP contribution >= 0.6 is 0 Å². The molecule has 0 unspecified atom stereocenters. The van der Waals surface area contributed by atoms with Crippen molar-refractivity contribution < 1.29 is 0 Å². The number of nitrogens with one attached hydrogen (secondary N) is 2. The minimum atomic E-state index is 1.09. The van der Waals surface area contributed by atoms with Gasteiger partial charge in [0.15, 0.2) is 0 Å². The van der Waals surface area contributed by atoms with E-state index in [1.54, 1.807) is 0 Å². The highest BCUT2D eigenvalue weighted by molar-refractivity contribution is 5.96. The van der Waals surface area contributed by atoms with E-state index in [-0.39, 0.29) is 0 Å². The Balaban J connectivity index is 2.59. The van der Waals surface area contributed by atoms with Crippen molar-refractivity contribution in [3.8, 4) is 0 Å². The number of aromatic amines is 2. The molecule has 0 fully saturated rings. The maximum absolute atomic E-state index is 3.99. The molecule has 0 radical (unpaired) electrons. The number of rotatable bonds is 0. The summed E-state index contributed by atoms with van der Waals surface area (Å²) in [5.74, 6) is 0. The van der Waals surface area contributed by atoms with Crippen LogP contribution in [0.15, 0.2) is 24.5 Å². The summed E-state index contributed by atoms with van der Waals surface area (Å²) in [4.78, 5) is 3.23. The van der Waals surface area contributed by atoms with Crippen molar-refractivity contribution in [2.24, 2.45) is 0 Å². The smallest absolute Gasteiger partial charge is 0.0657 e. The van der Waals surface area contributed by atoms with Gasteiger partial charge >= 0.3 is 0 Å². The van der Waals surface area contributed by atoms with Crippen LogP contribution in [0.3, 0.4) is 0 Å². The lowest BCUT2D eigenvalue weighted by molar-refractivity contribution is 1.12. The van der Waals surface area contributed by atoms with Gasteiger partial charge < -0.3 is 4.98 Å². The van der Waals surface area contributed by atoms with Crippen molar-refractivity contribution in [3.63, 3.8) is 0 Å². The van der Waals surface area contributed by atoms with Crippen LogP contribution in [0.1, 0.15) is 5.56 Å². The van der Waals surface area contributed by atoms with Crippen molar-refractivity contribution in [2.75, 3.05) is 0 Å². The third-order valence-electron chi connectivity index (χ3n) is 2.45. The van der Waals surface area contributed by atoms with Gasteiger partial charge in [-0.3, -0.25) is 5.10 Å². The first-order valence-electron chi connectivity index (χ1n) is 4.25. The predicted octanol–water partition coefficient (Wildman–Crippen LogP) is 2.35. The molecule has 3 aromatic rings. The first-order chi connectivity index (χ1) is 6.34. The molecule has 0 bridgehead atoms. The summed E-state index contributed by atoms with van der Waals surface area (Å²) < 4.78 is 0. The quantitative estimate of drug-likeness (QED) is 0.535. The Kier molecular flexibility index (Phi) is 1.10. The van der Waals surface area contributed by atoms with E-state index < -0.39 is 0 Å². The SMILES string of the molecule is Cc1c[nH]c2cc3cn[nH]c3cc12. The van der Waals surface area contributed by atoms with Crippen molar-refractivity contribution in [2.45, 2.75) is 6.92 Å². The Morgan fingerprint density at radius 1 is 1.23 bits per heavy atom. The summed E-state index contributed by atoms with van der Waals surface area (Å²) in [5, 5.41) is 9.37. The Hall–Kier alpha value is -1.77. The Bertz CT molecular complexity index is 574. The summed E-state index contributed by atoms with van der Waals surface area (Å²) in [6.07, 6.45) is 3.86. The number of fused-ring (bicyclic) bond motifs is 2. The van der Waals surface area contributed by atoms with E-state index in [1.165, 1.54) is 16.5 Å². The molecule has 2 heterocycles. The first kappa shape index (κ1) is 6.71. The summed E-state index contributed by atoms with van der Waals surface area (Å²) in [6, 6.07) is 4.24. The molecular formula is C10H9N3. The topological polar surface area (TPSA) is 44.5 Å². The lowest BCUT2D eigenvalue weighted by Gasteiger charge is -1.91. The van der Waals surface area contributed by atoms with Gasteiger partial charge in [0, 0.05) is 22.5 Å². The second-order valence-electron chi connectivity index (χ2n) is 3.33. The highest BCUT2D eigenvalue weighted by Crippen LogP contribution is 2.22. The average Bonchev–Trinajstić information content (AvgIpc) is 2.70. The molecule has 0 amide bonds. The molecule has 64 valence electrons.